The molecule has 3 aliphatic rings. The van der Waals surface area contributed by atoms with Gasteiger partial charge in [0, 0.05) is 40.8 Å². The van der Waals surface area contributed by atoms with Crippen LogP contribution in [0.1, 0.15) is 82.5 Å². The normalized spacial score (nSPS) is 19.4. The van der Waals surface area contributed by atoms with Crippen LogP contribution in [0.5, 0.6) is 0 Å². The van der Waals surface area contributed by atoms with E-state index in [9.17, 15) is 9.59 Å². The molecule has 0 saturated heterocycles. The van der Waals surface area contributed by atoms with E-state index in [0.29, 0.717) is 18.7 Å². The summed E-state index contributed by atoms with van der Waals surface area (Å²) in [5, 5.41) is 4.42. The van der Waals surface area contributed by atoms with E-state index in [1.807, 2.05) is 35.2 Å². The summed E-state index contributed by atoms with van der Waals surface area (Å²) in [6, 6.07) is 13.9. The van der Waals surface area contributed by atoms with Gasteiger partial charge in [-0.3, -0.25) is 9.59 Å². The number of nitrogens with zero attached hydrogens (tertiary/aromatic N) is 1. The fraction of sp³-hybridized carbons (Fsp3) is 0.429. The molecule has 1 saturated carbocycles. The van der Waals surface area contributed by atoms with Crippen LogP contribution in [0.2, 0.25) is 0 Å². The fourth-order valence-corrected chi connectivity index (χ4v) is 6.28. The first-order valence-electron chi connectivity index (χ1n) is 12.5. The topological polar surface area (TPSA) is 65.2 Å². The summed E-state index contributed by atoms with van der Waals surface area (Å²) in [5.74, 6) is 0.0684. The highest BCUT2D eigenvalue weighted by atomic mass is 16.2. The van der Waals surface area contributed by atoms with Crippen molar-refractivity contribution in [3.8, 4) is 0 Å². The molecule has 2 aromatic carbocycles. The van der Waals surface area contributed by atoms with Gasteiger partial charge in [0.05, 0.1) is 5.54 Å². The first kappa shape index (κ1) is 20.5. The zero-order valence-electron chi connectivity index (χ0n) is 19.1. The fourth-order valence-electron chi connectivity index (χ4n) is 6.28. The van der Waals surface area contributed by atoms with Crippen LogP contribution < -0.4 is 5.32 Å². The van der Waals surface area contributed by atoms with E-state index >= 15 is 0 Å². The molecule has 1 fully saturated rings. The number of aromatic amines is 1. The highest BCUT2D eigenvalue weighted by Gasteiger charge is 2.44. The standard InChI is InChI=1S/C28H31N3O2/c32-26(19-12-13-25-23(16-19)22-10-4-5-11-24(22)30-25)29-18-28(14-6-1-7-15-28)31-17-20-8-2-3-9-21(20)27(31)33/h2-3,8-9,12-13,16,30H,1,4-7,10-11,14-15,17-18H2,(H,29,32). The number of hydrogen-bond donors (Lipinski definition) is 2. The Hall–Kier alpha value is -3.08. The highest BCUT2D eigenvalue weighted by molar-refractivity contribution is 6.00. The molecule has 2 aliphatic carbocycles. The number of rotatable bonds is 4. The summed E-state index contributed by atoms with van der Waals surface area (Å²) in [4.78, 5) is 32.1. The van der Waals surface area contributed by atoms with Crippen molar-refractivity contribution in [2.75, 3.05) is 6.54 Å². The number of aryl methyl sites for hydroxylation is 2. The van der Waals surface area contributed by atoms with Crippen molar-refractivity contribution in [3.63, 3.8) is 0 Å². The van der Waals surface area contributed by atoms with Crippen LogP contribution in [0.25, 0.3) is 10.9 Å². The predicted octanol–water partition coefficient (Wildman–Crippen LogP) is 5.14. The number of carbonyl (C=O) groups excluding carboxylic acids is 2. The van der Waals surface area contributed by atoms with E-state index in [4.69, 9.17) is 0 Å². The van der Waals surface area contributed by atoms with Crippen molar-refractivity contribution in [3.05, 3.63) is 70.4 Å². The third-order valence-corrected chi connectivity index (χ3v) is 8.12. The summed E-state index contributed by atoms with van der Waals surface area (Å²) < 4.78 is 0. The predicted molar refractivity (Wildman–Crippen MR) is 129 cm³/mol. The minimum Gasteiger partial charge on any atom is -0.358 e. The third-order valence-electron chi connectivity index (χ3n) is 8.12. The molecule has 0 radical (unpaired) electrons. The van der Waals surface area contributed by atoms with Gasteiger partial charge in [-0.1, -0.05) is 37.5 Å². The molecular weight excluding hydrogens is 410 g/mol. The third kappa shape index (κ3) is 3.45. The number of nitrogens with one attached hydrogen (secondary N) is 2. The van der Waals surface area contributed by atoms with Gasteiger partial charge in [-0.05, 0) is 73.9 Å². The first-order chi connectivity index (χ1) is 16.1. The van der Waals surface area contributed by atoms with Gasteiger partial charge in [0.15, 0.2) is 0 Å². The van der Waals surface area contributed by atoms with Crippen LogP contribution in [0.3, 0.4) is 0 Å². The molecule has 6 rings (SSSR count). The molecule has 1 aromatic heterocycles. The monoisotopic (exact) mass is 441 g/mol. The van der Waals surface area contributed by atoms with E-state index in [1.165, 1.54) is 35.9 Å². The summed E-state index contributed by atoms with van der Waals surface area (Å²) in [6.45, 7) is 1.15. The van der Waals surface area contributed by atoms with Crippen LogP contribution in [0.15, 0.2) is 42.5 Å². The number of H-pyrrole nitrogens is 1. The summed E-state index contributed by atoms with van der Waals surface area (Å²) in [6.07, 6.45) is 9.89. The van der Waals surface area contributed by atoms with Crippen molar-refractivity contribution in [1.29, 1.82) is 0 Å². The molecule has 0 spiro atoms. The summed E-state index contributed by atoms with van der Waals surface area (Å²) >= 11 is 0. The molecule has 0 unspecified atom stereocenters. The quantitative estimate of drug-likeness (QED) is 0.589. The zero-order valence-corrected chi connectivity index (χ0v) is 19.1. The molecule has 2 N–H and O–H groups in total. The van der Waals surface area contributed by atoms with Gasteiger partial charge in [-0.2, -0.15) is 0 Å². The van der Waals surface area contributed by atoms with Gasteiger partial charge in [-0.15, -0.1) is 0 Å². The van der Waals surface area contributed by atoms with Crippen LogP contribution in [-0.4, -0.2) is 33.8 Å². The maximum atomic E-state index is 13.3. The Morgan fingerprint density at radius 3 is 2.67 bits per heavy atom. The number of benzene rings is 2. The second-order valence-electron chi connectivity index (χ2n) is 10.1. The lowest BCUT2D eigenvalue weighted by Crippen LogP contribution is -2.56. The van der Waals surface area contributed by atoms with Gasteiger partial charge in [-0.25, -0.2) is 0 Å². The van der Waals surface area contributed by atoms with Crippen molar-refractivity contribution in [2.24, 2.45) is 0 Å². The van der Waals surface area contributed by atoms with Crippen LogP contribution in [-0.2, 0) is 19.4 Å². The van der Waals surface area contributed by atoms with E-state index in [0.717, 1.165) is 55.2 Å². The summed E-state index contributed by atoms with van der Waals surface area (Å²) in [7, 11) is 0. The highest BCUT2D eigenvalue weighted by Crippen LogP contribution is 2.39. The molecule has 0 bridgehead atoms. The lowest BCUT2D eigenvalue weighted by molar-refractivity contribution is 0.0344. The second kappa shape index (κ2) is 8.05. The van der Waals surface area contributed by atoms with Crippen molar-refractivity contribution >= 4 is 22.7 Å². The molecule has 170 valence electrons. The number of hydrogen-bond acceptors (Lipinski definition) is 2. The second-order valence-corrected chi connectivity index (χ2v) is 10.1. The van der Waals surface area contributed by atoms with Crippen molar-refractivity contribution in [2.45, 2.75) is 69.9 Å². The largest absolute Gasteiger partial charge is 0.358 e. The maximum Gasteiger partial charge on any atom is 0.255 e. The molecule has 2 heterocycles. The molecule has 5 heteroatoms. The maximum absolute atomic E-state index is 13.3. The lowest BCUT2D eigenvalue weighted by Gasteiger charge is -2.44. The molecule has 5 nitrogen and oxygen atoms in total. The zero-order chi connectivity index (χ0) is 22.4. The first-order valence-corrected chi connectivity index (χ1v) is 12.5. The smallest absolute Gasteiger partial charge is 0.255 e. The number of carbonyl (C=O) groups is 2. The van der Waals surface area contributed by atoms with Gasteiger partial charge in [0.25, 0.3) is 11.8 Å². The Kier molecular flexibility index (Phi) is 5.01. The molecule has 3 aromatic rings. The van der Waals surface area contributed by atoms with Gasteiger partial charge in [0.1, 0.15) is 0 Å². The Morgan fingerprint density at radius 1 is 1.00 bits per heavy atom. The number of fused-ring (bicyclic) bond motifs is 4. The van der Waals surface area contributed by atoms with Crippen LogP contribution in [0.4, 0.5) is 0 Å². The van der Waals surface area contributed by atoms with E-state index in [1.54, 1.807) is 0 Å². The van der Waals surface area contributed by atoms with Crippen LogP contribution in [0, 0.1) is 0 Å². The van der Waals surface area contributed by atoms with E-state index in [-0.39, 0.29) is 17.4 Å². The SMILES string of the molecule is O=C(NCC1(N2Cc3ccccc3C2=O)CCCCC1)c1ccc2[nH]c3c(c2c1)CCCC3. The van der Waals surface area contributed by atoms with E-state index in [2.05, 4.69) is 22.4 Å². The average Bonchev–Trinajstić information content (AvgIpc) is 3.41. The molecule has 33 heavy (non-hydrogen) atoms. The Labute approximate surface area is 194 Å². The van der Waals surface area contributed by atoms with Crippen molar-refractivity contribution in [1.82, 2.24) is 15.2 Å². The van der Waals surface area contributed by atoms with E-state index < -0.39 is 0 Å². The minimum atomic E-state index is -0.304. The number of amides is 2. The van der Waals surface area contributed by atoms with Crippen LogP contribution >= 0.6 is 0 Å². The lowest BCUT2D eigenvalue weighted by atomic mass is 9.80. The van der Waals surface area contributed by atoms with Gasteiger partial charge >= 0.3 is 0 Å². The Bertz CT molecular complexity index is 1240. The number of aromatic nitrogens is 1. The van der Waals surface area contributed by atoms with Crippen molar-refractivity contribution < 1.29 is 9.59 Å². The minimum absolute atomic E-state index is 0.0447. The Balaban J connectivity index is 1.24. The Morgan fingerprint density at radius 2 is 1.82 bits per heavy atom. The molecule has 0 atom stereocenters. The molecular formula is C28H31N3O2. The average molecular weight is 442 g/mol. The molecule has 1 aliphatic heterocycles. The van der Waals surface area contributed by atoms with Gasteiger partial charge in [0.2, 0.25) is 0 Å². The summed E-state index contributed by atoms with van der Waals surface area (Å²) in [5.41, 5.74) is 6.16. The van der Waals surface area contributed by atoms with Gasteiger partial charge < -0.3 is 15.2 Å². The molecule has 2 amide bonds.